The normalized spacial score (nSPS) is 15.2. The van der Waals surface area contributed by atoms with Crippen molar-refractivity contribution < 1.29 is 0 Å². The molecule has 4 aromatic carbocycles. The van der Waals surface area contributed by atoms with Gasteiger partial charge in [0.2, 0.25) is 0 Å². The van der Waals surface area contributed by atoms with E-state index in [1.165, 1.54) is 50.0 Å². The summed E-state index contributed by atoms with van der Waals surface area (Å²) >= 11 is 0. The van der Waals surface area contributed by atoms with Crippen molar-refractivity contribution >= 4 is 17.0 Å². The lowest BCUT2D eigenvalue weighted by molar-refractivity contribution is 0.809. The number of hydrogen-bond donors (Lipinski definition) is 1. The monoisotopic (exact) mass is 397 g/mol. The third-order valence-corrected chi connectivity index (χ3v) is 6.37. The summed E-state index contributed by atoms with van der Waals surface area (Å²) < 4.78 is 0. The minimum Gasteiger partial charge on any atom is -0.357 e. The van der Waals surface area contributed by atoms with Crippen LogP contribution in [0.2, 0.25) is 0 Å². The molecule has 1 heteroatoms. The molecule has 1 nitrogen and oxygen atoms in total. The van der Waals surface area contributed by atoms with Crippen molar-refractivity contribution in [1.29, 1.82) is 0 Å². The summed E-state index contributed by atoms with van der Waals surface area (Å²) in [6.07, 6.45) is 5.68. The average Bonchev–Trinajstić information content (AvgIpc) is 3.23. The van der Waals surface area contributed by atoms with Gasteiger partial charge in [-0.15, -0.1) is 0 Å². The van der Waals surface area contributed by atoms with Crippen LogP contribution in [0.3, 0.4) is 0 Å². The van der Waals surface area contributed by atoms with E-state index in [0.717, 1.165) is 6.42 Å². The summed E-state index contributed by atoms with van der Waals surface area (Å²) in [6, 6.07) is 36.9. The summed E-state index contributed by atoms with van der Waals surface area (Å²) in [4.78, 5) is 3.81. The highest BCUT2D eigenvalue weighted by molar-refractivity contribution is 6.03. The molecular weight excluding hydrogens is 374 g/mol. The molecule has 5 aromatic rings. The lowest BCUT2D eigenvalue weighted by Crippen LogP contribution is -2.04. The highest BCUT2D eigenvalue weighted by atomic mass is 14.7. The second-order valence-corrected chi connectivity index (χ2v) is 8.28. The lowest BCUT2D eigenvalue weighted by Gasteiger charge is -2.17. The first-order chi connectivity index (χ1) is 15.4. The number of allylic oxidation sites excluding steroid dienone is 1. The second kappa shape index (κ2) is 7.45. The van der Waals surface area contributed by atoms with Crippen molar-refractivity contribution in [1.82, 2.24) is 4.98 Å². The van der Waals surface area contributed by atoms with Gasteiger partial charge in [-0.1, -0.05) is 103 Å². The fraction of sp³-hybridized carbons (Fsp3) is 0.0667. The van der Waals surface area contributed by atoms with Crippen molar-refractivity contribution in [2.45, 2.75) is 12.3 Å². The standard InChI is InChI=1S/C30H23N/c1-4-10-21(11-5-1)24-16-17-26-28-19-25(22-12-6-2-7-13-22)18-27(23-14-8-3-9-15-23)30(28)31-29(26)20-24/h1-19,24,31H,20H2. The lowest BCUT2D eigenvalue weighted by atomic mass is 9.87. The van der Waals surface area contributed by atoms with Crippen LogP contribution in [0, 0.1) is 0 Å². The molecule has 0 spiro atoms. The Morgan fingerprint density at radius 3 is 2.00 bits per heavy atom. The predicted octanol–water partition coefficient (Wildman–Crippen LogP) is 7.86. The van der Waals surface area contributed by atoms with Gasteiger partial charge in [0.15, 0.2) is 0 Å². The SMILES string of the molecule is C1=CC(c2ccccc2)Cc2[nH]c3c(-c4ccccc4)cc(-c4ccccc4)cc3c21. The summed E-state index contributed by atoms with van der Waals surface area (Å²) in [6.45, 7) is 0. The number of hydrogen-bond acceptors (Lipinski definition) is 0. The highest BCUT2D eigenvalue weighted by Gasteiger charge is 2.21. The zero-order chi connectivity index (χ0) is 20.6. The van der Waals surface area contributed by atoms with E-state index in [4.69, 9.17) is 0 Å². The third kappa shape index (κ3) is 3.19. The van der Waals surface area contributed by atoms with Gasteiger partial charge in [-0.25, -0.2) is 0 Å². The molecule has 0 fully saturated rings. The second-order valence-electron chi connectivity index (χ2n) is 8.28. The Hall–Kier alpha value is -3.84. The van der Waals surface area contributed by atoms with Gasteiger partial charge >= 0.3 is 0 Å². The molecule has 1 unspecified atom stereocenters. The first-order valence-electron chi connectivity index (χ1n) is 10.9. The van der Waals surface area contributed by atoms with Crippen LogP contribution in [-0.2, 0) is 6.42 Å². The van der Waals surface area contributed by atoms with Crippen LogP contribution in [0.15, 0.2) is 109 Å². The van der Waals surface area contributed by atoms with Gasteiger partial charge in [-0.3, -0.25) is 0 Å². The number of aromatic nitrogens is 1. The van der Waals surface area contributed by atoms with Crippen molar-refractivity contribution in [2.24, 2.45) is 0 Å². The molecule has 0 saturated heterocycles. The van der Waals surface area contributed by atoms with Crippen LogP contribution in [0.5, 0.6) is 0 Å². The van der Waals surface area contributed by atoms with Crippen LogP contribution in [0.4, 0.5) is 0 Å². The maximum atomic E-state index is 3.81. The summed E-state index contributed by atoms with van der Waals surface area (Å²) in [7, 11) is 0. The highest BCUT2D eigenvalue weighted by Crippen LogP contribution is 2.40. The smallest absolute Gasteiger partial charge is 0.0542 e. The molecule has 0 amide bonds. The largest absolute Gasteiger partial charge is 0.357 e. The molecule has 0 aliphatic heterocycles. The van der Waals surface area contributed by atoms with Gasteiger partial charge < -0.3 is 4.98 Å². The molecule has 148 valence electrons. The predicted molar refractivity (Wildman–Crippen MR) is 131 cm³/mol. The molecule has 0 saturated carbocycles. The van der Waals surface area contributed by atoms with E-state index >= 15 is 0 Å². The fourth-order valence-electron chi connectivity index (χ4n) is 4.79. The van der Waals surface area contributed by atoms with Crippen molar-refractivity contribution in [3.05, 3.63) is 126 Å². The first-order valence-corrected chi connectivity index (χ1v) is 10.9. The van der Waals surface area contributed by atoms with Gasteiger partial charge in [0.25, 0.3) is 0 Å². The molecule has 1 aliphatic carbocycles. The van der Waals surface area contributed by atoms with E-state index in [1.807, 2.05) is 0 Å². The Bertz CT molecular complexity index is 1380. The zero-order valence-electron chi connectivity index (χ0n) is 17.3. The van der Waals surface area contributed by atoms with Crippen LogP contribution in [0.25, 0.3) is 39.2 Å². The Kier molecular flexibility index (Phi) is 4.32. The molecule has 1 heterocycles. The number of rotatable bonds is 3. The van der Waals surface area contributed by atoms with Gasteiger partial charge in [-0.2, -0.15) is 0 Å². The van der Waals surface area contributed by atoms with Crippen molar-refractivity contribution in [2.75, 3.05) is 0 Å². The Balaban J connectivity index is 1.55. The van der Waals surface area contributed by atoms with Gasteiger partial charge in [0.05, 0.1) is 5.52 Å². The molecule has 1 atom stereocenters. The van der Waals surface area contributed by atoms with Gasteiger partial charge in [0, 0.05) is 28.1 Å². The van der Waals surface area contributed by atoms with E-state index in [0.29, 0.717) is 5.92 Å². The maximum Gasteiger partial charge on any atom is 0.0542 e. The van der Waals surface area contributed by atoms with E-state index in [-0.39, 0.29) is 0 Å². The van der Waals surface area contributed by atoms with Crippen LogP contribution < -0.4 is 0 Å². The Morgan fingerprint density at radius 2 is 1.29 bits per heavy atom. The number of aromatic amines is 1. The molecular formula is C30H23N. The Labute approximate surface area is 182 Å². The molecule has 31 heavy (non-hydrogen) atoms. The van der Waals surface area contributed by atoms with E-state index in [9.17, 15) is 0 Å². The molecule has 0 bridgehead atoms. The molecule has 0 radical (unpaired) electrons. The first kappa shape index (κ1) is 18.0. The van der Waals surface area contributed by atoms with Gasteiger partial charge in [-0.05, 0) is 40.8 Å². The number of H-pyrrole nitrogens is 1. The maximum absolute atomic E-state index is 3.81. The summed E-state index contributed by atoms with van der Waals surface area (Å²) in [5, 5.41) is 1.30. The quantitative estimate of drug-likeness (QED) is 0.319. The number of benzene rings is 4. The molecule has 6 rings (SSSR count). The minimum absolute atomic E-state index is 0.413. The van der Waals surface area contributed by atoms with Crippen LogP contribution in [-0.4, -0.2) is 4.98 Å². The third-order valence-electron chi connectivity index (χ3n) is 6.37. The minimum atomic E-state index is 0.413. The molecule has 1 aliphatic rings. The number of nitrogens with one attached hydrogen (secondary N) is 1. The number of fused-ring (bicyclic) bond motifs is 3. The van der Waals surface area contributed by atoms with E-state index in [1.54, 1.807) is 0 Å². The fourth-order valence-corrected chi connectivity index (χ4v) is 4.79. The van der Waals surface area contributed by atoms with E-state index in [2.05, 4.69) is 120 Å². The summed E-state index contributed by atoms with van der Waals surface area (Å²) in [5.41, 5.74) is 10.3. The molecule has 1 aromatic heterocycles. The van der Waals surface area contributed by atoms with Gasteiger partial charge in [0.1, 0.15) is 0 Å². The van der Waals surface area contributed by atoms with Crippen LogP contribution >= 0.6 is 0 Å². The van der Waals surface area contributed by atoms with Crippen molar-refractivity contribution in [3.63, 3.8) is 0 Å². The van der Waals surface area contributed by atoms with E-state index < -0.39 is 0 Å². The molecule has 1 N–H and O–H groups in total. The zero-order valence-corrected chi connectivity index (χ0v) is 17.3. The summed E-state index contributed by atoms with van der Waals surface area (Å²) in [5.74, 6) is 0.413. The average molecular weight is 398 g/mol. The Morgan fingerprint density at radius 1 is 0.645 bits per heavy atom. The van der Waals surface area contributed by atoms with Crippen molar-refractivity contribution in [3.8, 4) is 22.3 Å². The topological polar surface area (TPSA) is 15.8 Å². The van der Waals surface area contributed by atoms with Crippen LogP contribution in [0.1, 0.15) is 22.7 Å².